The van der Waals surface area contributed by atoms with E-state index in [4.69, 9.17) is 0 Å². The number of rotatable bonds is 7. The zero-order valence-corrected chi connectivity index (χ0v) is 12.4. The van der Waals surface area contributed by atoms with Crippen molar-refractivity contribution in [2.45, 2.75) is 31.8 Å². The Labute approximate surface area is 115 Å². The fourth-order valence-electron chi connectivity index (χ4n) is 1.48. The summed E-state index contributed by atoms with van der Waals surface area (Å²) in [6.45, 7) is 6.43. The van der Waals surface area contributed by atoms with Crippen molar-refractivity contribution in [2.75, 3.05) is 18.4 Å². The van der Waals surface area contributed by atoms with E-state index in [-0.39, 0.29) is 10.8 Å². The van der Waals surface area contributed by atoms with Crippen LogP contribution in [-0.2, 0) is 10.0 Å². The maximum atomic E-state index is 11.7. The van der Waals surface area contributed by atoms with Gasteiger partial charge < -0.3 is 10.4 Å². The lowest BCUT2D eigenvalue weighted by Crippen LogP contribution is -2.25. The molecule has 1 unspecified atom stereocenters. The molecule has 0 heterocycles. The van der Waals surface area contributed by atoms with Gasteiger partial charge in [-0.25, -0.2) is 13.1 Å². The minimum atomic E-state index is -3.40. The summed E-state index contributed by atoms with van der Waals surface area (Å²) < 4.78 is 25.9. The van der Waals surface area contributed by atoms with Crippen LogP contribution in [0.2, 0.25) is 0 Å². The molecule has 0 amide bonds. The van der Waals surface area contributed by atoms with Gasteiger partial charge in [0, 0.05) is 18.8 Å². The first-order chi connectivity index (χ1) is 8.86. The summed E-state index contributed by atoms with van der Waals surface area (Å²) in [4.78, 5) is 0.240. The minimum Gasteiger partial charge on any atom is -0.391 e. The summed E-state index contributed by atoms with van der Waals surface area (Å²) in [5.41, 5.74) is 0.787. The van der Waals surface area contributed by atoms with E-state index in [1.54, 1.807) is 31.2 Å². The van der Waals surface area contributed by atoms with E-state index < -0.39 is 16.1 Å². The maximum absolute atomic E-state index is 11.7. The van der Waals surface area contributed by atoms with Crippen molar-refractivity contribution < 1.29 is 13.5 Å². The van der Waals surface area contributed by atoms with Crippen LogP contribution in [0, 0.1) is 5.92 Å². The van der Waals surface area contributed by atoms with Gasteiger partial charge in [-0.2, -0.15) is 0 Å². The number of sulfonamides is 1. The lowest BCUT2D eigenvalue weighted by Gasteiger charge is -2.16. The van der Waals surface area contributed by atoms with Gasteiger partial charge in [0.05, 0.1) is 11.0 Å². The Morgan fingerprint density at radius 3 is 2.26 bits per heavy atom. The van der Waals surface area contributed by atoms with Crippen molar-refractivity contribution >= 4 is 15.7 Å². The zero-order valence-electron chi connectivity index (χ0n) is 11.6. The molecular weight excluding hydrogens is 264 g/mol. The molecule has 6 heteroatoms. The monoisotopic (exact) mass is 286 g/mol. The van der Waals surface area contributed by atoms with Gasteiger partial charge in [0.1, 0.15) is 0 Å². The van der Waals surface area contributed by atoms with E-state index >= 15 is 0 Å². The molecular formula is C13H22N2O3S. The van der Waals surface area contributed by atoms with E-state index in [2.05, 4.69) is 10.0 Å². The van der Waals surface area contributed by atoms with Crippen molar-refractivity contribution in [2.24, 2.45) is 5.92 Å². The predicted molar refractivity (Wildman–Crippen MR) is 76.6 cm³/mol. The Morgan fingerprint density at radius 2 is 1.79 bits per heavy atom. The van der Waals surface area contributed by atoms with Crippen LogP contribution in [0.25, 0.3) is 0 Å². The van der Waals surface area contributed by atoms with Crippen LogP contribution in [0.15, 0.2) is 29.2 Å². The van der Waals surface area contributed by atoms with Crippen LogP contribution >= 0.6 is 0 Å². The molecule has 0 radical (unpaired) electrons. The van der Waals surface area contributed by atoms with Crippen LogP contribution in [0.4, 0.5) is 5.69 Å². The Balaban J connectivity index is 2.67. The Morgan fingerprint density at radius 1 is 1.21 bits per heavy atom. The van der Waals surface area contributed by atoms with E-state index in [1.807, 2.05) is 13.8 Å². The van der Waals surface area contributed by atoms with E-state index in [0.717, 1.165) is 5.69 Å². The highest BCUT2D eigenvalue weighted by atomic mass is 32.2. The summed E-state index contributed by atoms with van der Waals surface area (Å²) in [5, 5.41) is 12.7. The summed E-state index contributed by atoms with van der Waals surface area (Å²) in [7, 11) is -3.40. The number of nitrogens with one attached hydrogen (secondary N) is 2. The summed E-state index contributed by atoms with van der Waals surface area (Å²) in [6.07, 6.45) is -0.426. The molecule has 5 nitrogen and oxygen atoms in total. The second-order valence-electron chi connectivity index (χ2n) is 4.72. The molecule has 19 heavy (non-hydrogen) atoms. The molecule has 0 fully saturated rings. The molecule has 0 aromatic heterocycles. The quantitative estimate of drug-likeness (QED) is 0.708. The first-order valence-corrected chi connectivity index (χ1v) is 7.86. The van der Waals surface area contributed by atoms with E-state index in [0.29, 0.717) is 13.1 Å². The molecule has 1 aromatic rings. The fourth-order valence-corrected chi connectivity index (χ4v) is 2.52. The highest BCUT2D eigenvalue weighted by Crippen LogP contribution is 2.14. The topological polar surface area (TPSA) is 78.4 Å². The predicted octanol–water partition coefficient (Wildman–Crippen LogP) is 1.41. The Hall–Kier alpha value is -1.11. The van der Waals surface area contributed by atoms with Gasteiger partial charge in [0.25, 0.3) is 0 Å². The van der Waals surface area contributed by atoms with Crippen molar-refractivity contribution in [3.8, 4) is 0 Å². The second-order valence-corrected chi connectivity index (χ2v) is 6.48. The molecule has 0 aliphatic carbocycles. The SMILES string of the molecule is CCNS(=O)(=O)c1ccc(NCC(O)C(C)C)cc1. The second kappa shape index (κ2) is 6.88. The third-order valence-electron chi connectivity index (χ3n) is 2.78. The third kappa shape index (κ3) is 4.81. The molecule has 0 bridgehead atoms. The molecule has 1 rings (SSSR count). The number of benzene rings is 1. The highest BCUT2D eigenvalue weighted by molar-refractivity contribution is 7.89. The van der Waals surface area contributed by atoms with Gasteiger partial charge in [-0.15, -0.1) is 0 Å². The van der Waals surface area contributed by atoms with E-state index in [1.165, 1.54) is 0 Å². The van der Waals surface area contributed by atoms with Gasteiger partial charge in [0.15, 0.2) is 0 Å². The lowest BCUT2D eigenvalue weighted by atomic mass is 10.1. The molecule has 0 aliphatic rings. The Bertz CT molecular complexity index is 483. The first kappa shape index (κ1) is 15.9. The fraction of sp³-hybridized carbons (Fsp3) is 0.538. The summed E-state index contributed by atoms with van der Waals surface area (Å²) in [5.74, 6) is 0.181. The number of hydrogen-bond acceptors (Lipinski definition) is 4. The number of anilines is 1. The average Bonchev–Trinajstić information content (AvgIpc) is 2.36. The third-order valence-corrected chi connectivity index (χ3v) is 4.35. The van der Waals surface area contributed by atoms with Gasteiger partial charge in [0.2, 0.25) is 10.0 Å². The Kier molecular flexibility index (Phi) is 5.78. The average molecular weight is 286 g/mol. The van der Waals surface area contributed by atoms with Crippen molar-refractivity contribution in [1.82, 2.24) is 4.72 Å². The van der Waals surface area contributed by atoms with Crippen LogP contribution in [0.5, 0.6) is 0 Å². The zero-order chi connectivity index (χ0) is 14.5. The van der Waals surface area contributed by atoms with Gasteiger partial charge in [-0.1, -0.05) is 20.8 Å². The summed E-state index contributed by atoms with van der Waals surface area (Å²) >= 11 is 0. The van der Waals surface area contributed by atoms with Crippen LogP contribution < -0.4 is 10.0 Å². The van der Waals surface area contributed by atoms with Crippen LogP contribution in [0.3, 0.4) is 0 Å². The van der Waals surface area contributed by atoms with Gasteiger partial charge in [-0.05, 0) is 30.2 Å². The van der Waals surface area contributed by atoms with Gasteiger partial charge >= 0.3 is 0 Å². The van der Waals surface area contributed by atoms with Crippen LogP contribution in [-0.4, -0.2) is 32.7 Å². The molecule has 1 aromatic carbocycles. The molecule has 0 saturated carbocycles. The normalized spacial score (nSPS) is 13.5. The van der Waals surface area contributed by atoms with Crippen molar-refractivity contribution in [3.05, 3.63) is 24.3 Å². The minimum absolute atomic E-state index is 0.181. The molecule has 0 aliphatic heterocycles. The molecule has 3 N–H and O–H groups in total. The van der Waals surface area contributed by atoms with Crippen LogP contribution in [0.1, 0.15) is 20.8 Å². The molecule has 1 atom stereocenters. The number of hydrogen-bond donors (Lipinski definition) is 3. The van der Waals surface area contributed by atoms with Gasteiger partial charge in [-0.3, -0.25) is 0 Å². The standard InChI is InChI=1S/C13H22N2O3S/c1-4-15-19(17,18)12-7-5-11(6-8-12)14-9-13(16)10(2)3/h5-8,10,13-16H,4,9H2,1-3H3. The van der Waals surface area contributed by atoms with E-state index in [9.17, 15) is 13.5 Å². The first-order valence-electron chi connectivity index (χ1n) is 6.38. The highest BCUT2D eigenvalue weighted by Gasteiger charge is 2.12. The summed E-state index contributed by atoms with van der Waals surface area (Å²) in [6, 6.07) is 6.47. The van der Waals surface area contributed by atoms with Crippen molar-refractivity contribution in [1.29, 1.82) is 0 Å². The van der Waals surface area contributed by atoms with Crippen molar-refractivity contribution in [3.63, 3.8) is 0 Å². The number of aliphatic hydroxyl groups excluding tert-OH is 1. The maximum Gasteiger partial charge on any atom is 0.240 e. The molecule has 108 valence electrons. The smallest absolute Gasteiger partial charge is 0.240 e. The number of aliphatic hydroxyl groups is 1. The molecule has 0 saturated heterocycles. The largest absolute Gasteiger partial charge is 0.391 e. The molecule has 0 spiro atoms. The lowest BCUT2D eigenvalue weighted by molar-refractivity contribution is 0.138.